The van der Waals surface area contributed by atoms with Gasteiger partial charge in [-0.05, 0) is 26.7 Å². The average Bonchev–Trinajstić information content (AvgIpc) is 3.11. The van der Waals surface area contributed by atoms with Crippen LogP contribution in [0.1, 0.15) is 40.4 Å². The van der Waals surface area contributed by atoms with Crippen molar-refractivity contribution in [3.8, 4) is 0 Å². The van der Waals surface area contributed by atoms with E-state index in [1.807, 2.05) is 19.4 Å². The number of esters is 1. The van der Waals surface area contributed by atoms with E-state index >= 15 is 0 Å². The van der Waals surface area contributed by atoms with E-state index in [4.69, 9.17) is 4.74 Å². The Kier molecular flexibility index (Phi) is 4.21. The number of aryl methyl sites for hydroxylation is 2. The lowest BCUT2D eigenvalue weighted by Crippen LogP contribution is -2.14. The van der Waals surface area contributed by atoms with Gasteiger partial charge in [-0.1, -0.05) is 0 Å². The van der Waals surface area contributed by atoms with Gasteiger partial charge in [0.1, 0.15) is 5.92 Å². The van der Waals surface area contributed by atoms with Gasteiger partial charge in [-0.2, -0.15) is 0 Å². The predicted molar refractivity (Wildman–Crippen MR) is 84.0 cm³/mol. The van der Waals surface area contributed by atoms with Gasteiger partial charge in [0, 0.05) is 9.75 Å². The third kappa shape index (κ3) is 2.94. The maximum Gasteiger partial charge on any atom is 0.315 e. The summed E-state index contributed by atoms with van der Waals surface area (Å²) in [7, 11) is 0. The van der Waals surface area contributed by atoms with Gasteiger partial charge in [0.15, 0.2) is 5.13 Å². The molecule has 0 saturated heterocycles. The van der Waals surface area contributed by atoms with Crippen molar-refractivity contribution in [3.63, 3.8) is 0 Å². The molecule has 0 fully saturated rings. The second-order valence-corrected chi connectivity index (χ2v) is 6.91. The Bertz CT molecular complexity index is 650. The molecule has 5 nitrogen and oxygen atoms in total. The summed E-state index contributed by atoms with van der Waals surface area (Å²) in [5, 5.41) is 4.21. The van der Waals surface area contributed by atoms with Crippen molar-refractivity contribution in [1.82, 2.24) is 9.97 Å². The molecular formula is C14H17N3O2S2. The van der Waals surface area contributed by atoms with E-state index in [1.54, 1.807) is 22.7 Å². The van der Waals surface area contributed by atoms with Crippen LogP contribution in [0.4, 0.5) is 5.13 Å². The molecule has 3 rings (SSSR count). The smallest absolute Gasteiger partial charge is 0.315 e. The molecule has 2 aromatic rings. The number of anilines is 1. The van der Waals surface area contributed by atoms with Crippen molar-refractivity contribution < 1.29 is 9.53 Å². The zero-order chi connectivity index (χ0) is 14.8. The van der Waals surface area contributed by atoms with Gasteiger partial charge in [0.2, 0.25) is 0 Å². The standard InChI is InChI=1S/C14H17N3O2S2/c1-3-19-13(18)9-4-5-10-12(9)17-14(21-10)15-6-11-8(2)16-7-20-11/h7,9H,3-6H2,1-2H3,(H,15,17). The maximum atomic E-state index is 11.9. The van der Waals surface area contributed by atoms with Crippen LogP contribution in [-0.4, -0.2) is 22.5 Å². The number of thiazole rings is 2. The lowest BCUT2D eigenvalue weighted by molar-refractivity contribution is -0.145. The van der Waals surface area contributed by atoms with Crippen LogP contribution in [0.25, 0.3) is 0 Å². The first-order valence-corrected chi connectivity index (χ1v) is 8.67. The average molecular weight is 323 g/mol. The highest BCUT2D eigenvalue weighted by Gasteiger charge is 2.33. The molecule has 2 heterocycles. The fraction of sp³-hybridized carbons (Fsp3) is 0.500. The fourth-order valence-corrected chi connectivity index (χ4v) is 4.18. The van der Waals surface area contributed by atoms with Crippen LogP contribution in [0.5, 0.6) is 0 Å². The summed E-state index contributed by atoms with van der Waals surface area (Å²) in [5.74, 6) is -0.330. The molecule has 0 aromatic carbocycles. The summed E-state index contributed by atoms with van der Waals surface area (Å²) in [6.45, 7) is 4.99. The number of aromatic nitrogens is 2. The monoisotopic (exact) mass is 323 g/mol. The molecule has 1 atom stereocenters. The number of rotatable bonds is 5. The van der Waals surface area contributed by atoms with Gasteiger partial charge in [0.25, 0.3) is 0 Å². The van der Waals surface area contributed by atoms with Crippen LogP contribution in [0.15, 0.2) is 5.51 Å². The van der Waals surface area contributed by atoms with Crippen molar-refractivity contribution >= 4 is 33.8 Å². The van der Waals surface area contributed by atoms with E-state index in [1.165, 1.54) is 9.75 Å². The topological polar surface area (TPSA) is 64.1 Å². The predicted octanol–water partition coefficient (Wildman–Crippen LogP) is 3.11. The second kappa shape index (κ2) is 6.11. The molecule has 0 spiro atoms. The van der Waals surface area contributed by atoms with Crippen LogP contribution in [-0.2, 0) is 22.5 Å². The number of hydrogen-bond donors (Lipinski definition) is 1. The molecule has 21 heavy (non-hydrogen) atoms. The molecule has 0 amide bonds. The first-order chi connectivity index (χ1) is 10.2. The quantitative estimate of drug-likeness (QED) is 0.857. The molecule has 1 aliphatic rings. The number of ether oxygens (including phenoxy) is 1. The van der Waals surface area contributed by atoms with E-state index in [0.29, 0.717) is 6.61 Å². The summed E-state index contributed by atoms with van der Waals surface area (Å²) < 4.78 is 5.13. The lowest BCUT2D eigenvalue weighted by Gasteiger charge is -2.08. The summed E-state index contributed by atoms with van der Waals surface area (Å²) in [5.41, 5.74) is 3.81. The number of carbonyl (C=O) groups is 1. The van der Waals surface area contributed by atoms with Crippen molar-refractivity contribution in [2.75, 3.05) is 11.9 Å². The Hall–Kier alpha value is -1.47. The van der Waals surface area contributed by atoms with E-state index in [2.05, 4.69) is 15.3 Å². The molecule has 1 aliphatic carbocycles. The highest BCUT2D eigenvalue weighted by atomic mass is 32.1. The van der Waals surface area contributed by atoms with E-state index in [-0.39, 0.29) is 11.9 Å². The highest BCUT2D eigenvalue weighted by molar-refractivity contribution is 7.15. The van der Waals surface area contributed by atoms with E-state index < -0.39 is 0 Å². The molecule has 112 valence electrons. The number of nitrogens with one attached hydrogen (secondary N) is 1. The Morgan fingerprint density at radius 3 is 3.14 bits per heavy atom. The number of fused-ring (bicyclic) bond motifs is 1. The Labute approximate surface area is 131 Å². The van der Waals surface area contributed by atoms with Gasteiger partial charge in [-0.25, -0.2) is 9.97 Å². The zero-order valence-electron chi connectivity index (χ0n) is 12.0. The molecule has 2 aromatic heterocycles. The van der Waals surface area contributed by atoms with E-state index in [9.17, 15) is 4.79 Å². The molecule has 0 aliphatic heterocycles. The Balaban J connectivity index is 1.69. The van der Waals surface area contributed by atoms with Crippen molar-refractivity contribution in [1.29, 1.82) is 0 Å². The van der Waals surface area contributed by atoms with Crippen LogP contribution in [0.3, 0.4) is 0 Å². The van der Waals surface area contributed by atoms with Gasteiger partial charge in [-0.3, -0.25) is 4.79 Å². The molecule has 0 radical (unpaired) electrons. The fourth-order valence-electron chi connectivity index (χ4n) is 2.43. The van der Waals surface area contributed by atoms with Gasteiger partial charge in [0.05, 0.1) is 30.1 Å². The Morgan fingerprint density at radius 2 is 2.43 bits per heavy atom. The largest absolute Gasteiger partial charge is 0.465 e. The number of nitrogens with zero attached hydrogens (tertiary/aromatic N) is 2. The first-order valence-electron chi connectivity index (χ1n) is 6.98. The van der Waals surface area contributed by atoms with Crippen molar-refractivity contribution in [2.45, 2.75) is 39.2 Å². The van der Waals surface area contributed by atoms with E-state index in [0.717, 1.165) is 35.9 Å². The summed E-state index contributed by atoms with van der Waals surface area (Å²) in [6.07, 6.45) is 1.74. The minimum absolute atomic E-state index is 0.147. The van der Waals surface area contributed by atoms with Crippen molar-refractivity contribution in [2.24, 2.45) is 0 Å². The van der Waals surface area contributed by atoms with Crippen LogP contribution < -0.4 is 5.32 Å². The van der Waals surface area contributed by atoms with Crippen LogP contribution in [0, 0.1) is 6.92 Å². The number of carbonyl (C=O) groups excluding carboxylic acids is 1. The molecule has 0 bridgehead atoms. The van der Waals surface area contributed by atoms with Crippen LogP contribution in [0.2, 0.25) is 0 Å². The second-order valence-electron chi connectivity index (χ2n) is 4.89. The minimum atomic E-state index is -0.183. The van der Waals surface area contributed by atoms with Crippen LogP contribution >= 0.6 is 22.7 Å². The molecule has 7 heteroatoms. The third-order valence-electron chi connectivity index (χ3n) is 3.53. The normalized spacial score (nSPS) is 16.8. The summed E-state index contributed by atoms with van der Waals surface area (Å²) in [4.78, 5) is 23.2. The Morgan fingerprint density at radius 1 is 1.57 bits per heavy atom. The number of hydrogen-bond acceptors (Lipinski definition) is 7. The minimum Gasteiger partial charge on any atom is -0.465 e. The molecule has 0 saturated carbocycles. The summed E-state index contributed by atoms with van der Waals surface area (Å²) in [6, 6.07) is 0. The summed E-state index contributed by atoms with van der Waals surface area (Å²) >= 11 is 3.28. The molecular weight excluding hydrogens is 306 g/mol. The first kappa shape index (κ1) is 14.5. The lowest BCUT2D eigenvalue weighted by atomic mass is 10.1. The zero-order valence-corrected chi connectivity index (χ0v) is 13.6. The van der Waals surface area contributed by atoms with Crippen molar-refractivity contribution in [3.05, 3.63) is 26.7 Å². The third-order valence-corrected chi connectivity index (χ3v) is 5.56. The molecule has 1 N–H and O–H groups in total. The maximum absolute atomic E-state index is 11.9. The SMILES string of the molecule is CCOC(=O)C1CCc2sc(NCc3scnc3C)nc21. The molecule has 1 unspecified atom stereocenters. The highest BCUT2D eigenvalue weighted by Crippen LogP contribution is 2.39. The van der Waals surface area contributed by atoms with Gasteiger partial charge in [-0.15, -0.1) is 22.7 Å². The van der Waals surface area contributed by atoms with Gasteiger partial charge < -0.3 is 10.1 Å². The van der Waals surface area contributed by atoms with Gasteiger partial charge >= 0.3 is 5.97 Å².